The van der Waals surface area contributed by atoms with Crippen LogP contribution >= 0.6 is 15.9 Å². The molecule has 4 rings (SSSR count). The van der Waals surface area contributed by atoms with Crippen molar-refractivity contribution in [1.29, 1.82) is 0 Å². The molecule has 2 N–H and O–H groups in total. The molecule has 0 saturated carbocycles. The smallest absolute Gasteiger partial charge is 0.264 e. The molecule has 4 aromatic carbocycles. The minimum atomic E-state index is -4.07. The highest BCUT2D eigenvalue weighted by atomic mass is 79.9. The number of carbonyl (C=O) groups is 2. The van der Waals surface area contributed by atoms with Crippen molar-refractivity contribution in [1.82, 2.24) is 5.32 Å². The third kappa shape index (κ3) is 7.34. The number of hydrogen-bond acceptors (Lipinski definition) is 4. The van der Waals surface area contributed by atoms with Gasteiger partial charge in [0.2, 0.25) is 5.91 Å². The second kappa shape index (κ2) is 12.7. The van der Waals surface area contributed by atoms with Crippen molar-refractivity contribution in [3.8, 4) is 0 Å². The van der Waals surface area contributed by atoms with Crippen LogP contribution in [0.1, 0.15) is 21.5 Å². The summed E-state index contributed by atoms with van der Waals surface area (Å²) in [5.74, 6) is -0.923. The number of amides is 2. The highest BCUT2D eigenvalue weighted by Crippen LogP contribution is 2.27. The van der Waals surface area contributed by atoms with E-state index in [0.717, 1.165) is 15.4 Å². The summed E-state index contributed by atoms with van der Waals surface area (Å²) in [4.78, 5) is 26.2. The molecule has 0 heterocycles. The van der Waals surface area contributed by atoms with Crippen LogP contribution in [0.2, 0.25) is 0 Å². The number of nitrogens with zero attached hydrogens (tertiary/aromatic N) is 1. The molecule has 0 aromatic heterocycles. The molecule has 9 heteroatoms. The van der Waals surface area contributed by atoms with E-state index in [1.807, 2.05) is 37.3 Å². The third-order valence-electron chi connectivity index (χ3n) is 5.98. The monoisotopic (exact) mass is 605 g/mol. The van der Waals surface area contributed by atoms with E-state index >= 15 is 0 Å². The number of nitrogens with one attached hydrogen (secondary N) is 2. The van der Waals surface area contributed by atoms with Crippen LogP contribution in [0.15, 0.2) is 112 Å². The molecule has 0 atom stereocenters. The van der Waals surface area contributed by atoms with E-state index in [1.165, 1.54) is 12.1 Å². The Balaban J connectivity index is 1.52. The summed E-state index contributed by atoms with van der Waals surface area (Å²) in [6.45, 7) is 1.80. The maximum absolute atomic E-state index is 13.6. The summed E-state index contributed by atoms with van der Waals surface area (Å²) in [6.07, 6.45) is 0.666. The van der Waals surface area contributed by atoms with Crippen LogP contribution < -0.4 is 14.9 Å². The number of sulfonamides is 1. The molecule has 0 spiro atoms. The van der Waals surface area contributed by atoms with Gasteiger partial charge < -0.3 is 10.6 Å². The summed E-state index contributed by atoms with van der Waals surface area (Å²) < 4.78 is 29.0. The topological polar surface area (TPSA) is 95.6 Å². The van der Waals surface area contributed by atoms with Crippen molar-refractivity contribution in [3.63, 3.8) is 0 Å². The predicted octanol–water partition coefficient (Wildman–Crippen LogP) is 5.56. The summed E-state index contributed by atoms with van der Waals surface area (Å²) in [5, 5.41) is 5.61. The summed E-state index contributed by atoms with van der Waals surface area (Å²) in [7, 11) is -4.07. The Morgan fingerprint density at radius 1 is 0.846 bits per heavy atom. The number of halogens is 1. The molecule has 0 fully saturated rings. The normalized spacial score (nSPS) is 11.0. The van der Waals surface area contributed by atoms with E-state index in [-0.39, 0.29) is 16.4 Å². The van der Waals surface area contributed by atoms with E-state index < -0.39 is 22.5 Å². The number of para-hydroxylation sites is 1. The third-order valence-corrected chi connectivity index (χ3v) is 8.26. The first kappa shape index (κ1) is 28.1. The Bertz CT molecular complexity index is 1560. The number of hydrogen-bond donors (Lipinski definition) is 2. The lowest BCUT2D eigenvalue weighted by molar-refractivity contribution is -0.114. The molecule has 39 heavy (non-hydrogen) atoms. The first-order chi connectivity index (χ1) is 18.7. The number of rotatable bonds is 10. The first-order valence-corrected chi connectivity index (χ1v) is 14.5. The lowest BCUT2D eigenvalue weighted by atomic mass is 10.1. The molecule has 0 bridgehead atoms. The molecule has 0 unspecified atom stereocenters. The molecule has 0 radical (unpaired) electrons. The number of anilines is 2. The van der Waals surface area contributed by atoms with Crippen LogP contribution in [0.4, 0.5) is 11.4 Å². The van der Waals surface area contributed by atoms with Gasteiger partial charge in [0.1, 0.15) is 6.54 Å². The highest BCUT2D eigenvalue weighted by molar-refractivity contribution is 9.10. The van der Waals surface area contributed by atoms with Gasteiger partial charge in [0.05, 0.1) is 21.8 Å². The average molecular weight is 607 g/mol. The zero-order valence-electron chi connectivity index (χ0n) is 21.3. The van der Waals surface area contributed by atoms with Gasteiger partial charge in [-0.25, -0.2) is 8.42 Å². The van der Waals surface area contributed by atoms with E-state index in [4.69, 9.17) is 0 Å². The van der Waals surface area contributed by atoms with Crippen LogP contribution in [0, 0.1) is 6.92 Å². The number of aryl methyl sites for hydroxylation is 1. The standard InChI is InChI=1S/C30H28BrN3O4S/c1-22-14-16-26(17-15-22)39(37,38)34(25-11-7-10-24(31)20-25)21-29(35)33-28-13-6-5-12-27(28)30(36)32-19-18-23-8-3-2-4-9-23/h2-17,20H,18-19,21H2,1H3,(H,32,36)(H,33,35). The Kier molecular flexibility index (Phi) is 9.16. The van der Waals surface area contributed by atoms with Gasteiger partial charge >= 0.3 is 0 Å². The SMILES string of the molecule is Cc1ccc(S(=O)(=O)N(CC(=O)Nc2ccccc2C(=O)NCCc2ccccc2)c2cccc(Br)c2)cc1. The molecule has 7 nitrogen and oxygen atoms in total. The molecule has 4 aromatic rings. The van der Waals surface area contributed by atoms with Gasteiger partial charge in [-0.1, -0.05) is 82.2 Å². The molecule has 2 amide bonds. The molecule has 0 aliphatic carbocycles. The average Bonchev–Trinajstić information content (AvgIpc) is 2.93. The van der Waals surface area contributed by atoms with Gasteiger partial charge in [-0.2, -0.15) is 0 Å². The minimum Gasteiger partial charge on any atom is -0.352 e. The van der Waals surface area contributed by atoms with E-state index in [2.05, 4.69) is 26.6 Å². The van der Waals surface area contributed by atoms with Crippen molar-refractivity contribution in [2.75, 3.05) is 22.7 Å². The molecular weight excluding hydrogens is 578 g/mol. The van der Waals surface area contributed by atoms with Crippen LogP contribution in [-0.2, 0) is 21.2 Å². The van der Waals surface area contributed by atoms with Crippen molar-refractivity contribution in [2.45, 2.75) is 18.2 Å². The van der Waals surface area contributed by atoms with Crippen LogP contribution in [-0.4, -0.2) is 33.3 Å². The van der Waals surface area contributed by atoms with Crippen molar-refractivity contribution in [2.24, 2.45) is 0 Å². The van der Waals surface area contributed by atoms with Gasteiger partial charge in [-0.15, -0.1) is 0 Å². The van der Waals surface area contributed by atoms with Crippen molar-refractivity contribution >= 4 is 49.1 Å². The first-order valence-electron chi connectivity index (χ1n) is 12.3. The van der Waals surface area contributed by atoms with Gasteiger partial charge in [-0.05, 0) is 61.4 Å². The molecule has 0 saturated heterocycles. The lowest BCUT2D eigenvalue weighted by Crippen LogP contribution is -2.38. The Labute approximate surface area is 237 Å². The largest absolute Gasteiger partial charge is 0.352 e. The predicted molar refractivity (Wildman–Crippen MR) is 157 cm³/mol. The second-order valence-electron chi connectivity index (χ2n) is 8.89. The lowest BCUT2D eigenvalue weighted by Gasteiger charge is -2.24. The van der Waals surface area contributed by atoms with E-state index in [9.17, 15) is 18.0 Å². The van der Waals surface area contributed by atoms with Crippen LogP contribution in [0.5, 0.6) is 0 Å². The van der Waals surface area contributed by atoms with Crippen molar-refractivity contribution < 1.29 is 18.0 Å². The molecule has 0 aliphatic heterocycles. The summed E-state index contributed by atoms with van der Waals surface area (Å²) >= 11 is 3.38. The fourth-order valence-corrected chi connectivity index (χ4v) is 5.75. The van der Waals surface area contributed by atoms with Crippen molar-refractivity contribution in [3.05, 3.63) is 124 Å². The minimum absolute atomic E-state index is 0.0686. The van der Waals surface area contributed by atoms with Crippen LogP contribution in [0.3, 0.4) is 0 Å². The van der Waals surface area contributed by atoms with Gasteiger partial charge in [0.25, 0.3) is 15.9 Å². The maximum atomic E-state index is 13.6. The fourth-order valence-electron chi connectivity index (χ4n) is 3.95. The highest BCUT2D eigenvalue weighted by Gasteiger charge is 2.28. The van der Waals surface area contributed by atoms with Gasteiger partial charge in [0, 0.05) is 11.0 Å². The zero-order valence-corrected chi connectivity index (χ0v) is 23.7. The summed E-state index contributed by atoms with van der Waals surface area (Å²) in [6, 6.07) is 29.6. The summed E-state index contributed by atoms with van der Waals surface area (Å²) in [5.41, 5.74) is 2.92. The second-order valence-corrected chi connectivity index (χ2v) is 11.7. The number of benzene rings is 4. The Hall–Kier alpha value is -3.95. The quantitative estimate of drug-likeness (QED) is 0.247. The Morgan fingerprint density at radius 2 is 1.54 bits per heavy atom. The number of carbonyl (C=O) groups excluding carboxylic acids is 2. The maximum Gasteiger partial charge on any atom is 0.264 e. The Morgan fingerprint density at radius 3 is 2.26 bits per heavy atom. The van der Waals surface area contributed by atoms with Gasteiger partial charge in [-0.3, -0.25) is 13.9 Å². The molecule has 200 valence electrons. The fraction of sp³-hybridized carbons (Fsp3) is 0.133. The zero-order chi connectivity index (χ0) is 27.8. The van der Waals surface area contributed by atoms with Crippen LogP contribution in [0.25, 0.3) is 0 Å². The van der Waals surface area contributed by atoms with E-state index in [0.29, 0.717) is 28.8 Å². The van der Waals surface area contributed by atoms with E-state index in [1.54, 1.807) is 60.7 Å². The van der Waals surface area contributed by atoms with Gasteiger partial charge in [0.15, 0.2) is 0 Å². The molecule has 0 aliphatic rings. The molecular formula is C30H28BrN3O4S.